The second-order valence-corrected chi connectivity index (χ2v) is 7.38. The van der Waals surface area contributed by atoms with Gasteiger partial charge in [0.05, 0.1) is 5.39 Å². The van der Waals surface area contributed by atoms with Gasteiger partial charge in [-0.1, -0.05) is 42.1 Å². The molecule has 0 aliphatic carbocycles. The summed E-state index contributed by atoms with van der Waals surface area (Å²) in [6.07, 6.45) is 0. The van der Waals surface area contributed by atoms with Gasteiger partial charge in [0.25, 0.3) is 0 Å². The van der Waals surface area contributed by atoms with Crippen LogP contribution in [0.1, 0.15) is 21.3 Å². The van der Waals surface area contributed by atoms with Crippen LogP contribution in [0.25, 0.3) is 10.2 Å². The van der Waals surface area contributed by atoms with Crippen molar-refractivity contribution in [3.63, 3.8) is 0 Å². The van der Waals surface area contributed by atoms with Gasteiger partial charge in [-0.05, 0) is 25.0 Å². The van der Waals surface area contributed by atoms with Crippen LogP contribution >= 0.6 is 23.1 Å². The van der Waals surface area contributed by atoms with E-state index in [-0.39, 0.29) is 0 Å². The van der Waals surface area contributed by atoms with Crippen molar-refractivity contribution in [2.24, 2.45) is 0 Å². The van der Waals surface area contributed by atoms with Crippen LogP contribution in [0.15, 0.2) is 35.5 Å². The highest BCUT2D eigenvalue weighted by molar-refractivity contribution is 8.00. The Balaban J connectivity index is 2.01. The van der Waals surface area contributed by atoms with Crippen molar-refractivity contribution < 1.29 is 9.90 Å². The highest BCUT2D eigenvalue weighted by atomic mass is 32.2. The largest absolute Gasteiger partial charge is 0.480 e. The van der Waals surface area contributed by atoms with Gasteiger partial charge in [0.2, 0.25) is 0 Å². The lowest BCUT2D eigenvalue weighted by molar-refractivity contribution is -0.136. The monoisotopic (exact) mass is 345 g/mol. The molecule has 0 bridgehead atoms. The summed E-state index contributed by atoms with van der Waals surface area (Å²) in [5.41, 5.74) is 7.84. The van der Waals surface area contributed by atoms with Crippen molar-refractivity contribution in [3.05, 3.63) is 46.3 Å². The lowest BCUT2D eigenvalue weighted by Gasteiger charge is -2.11. The Labute approximate surface area is 141 Å². The van der Waals surface area contributed by atoms with Gasteiger partial charge in [-0.25, -0.2) is 9.97 Å². The molecule has 0 aliphatic rings. The molecule has 0 saturated carbocycles. The molecular formula is C16H15N3O2S2. The van der Waals surface area contributed by atoms with E-state index in [2.05, 4.69) is 9.97 Å². The van der Waals surface area contributed by atoms with E-state index >= 15 is 0 Å². The van der Waals surface area contributed by atoms with Crippen molar-refractivity contribution in [2.75, 3.05) is 5.73 Å². The number of rotatable bonds is 4. The van der Waals surface area contributed by atoms with Crippen LogP contribution in [0, 0.1) is 13.8 Å². The molecule has 118 valence electrons. The minimum Gasteiger partial charge on any atom is -0.480 e. The molecule has 0 radical (unpaired) electrons. The average Bonchev–Trinajstić information content (AvgIpc) is 2.80. The number of aromatic nitrogens is 2. The summed E-state index contributed by atoms with van der Waals surface area (Å²) in [6.45, 7) is 4.00. The van der Waals surface area contributed by atoms with Crippen LogP contribution in [0.3, 0.4) is 0 Å². The number of thioether (sulfide) groups is 1. The molecule has 1 atom stereocenters. The maximum atomic E-state index is 11.6. The average molecular weight is 345 g/mol. The van der Waals surface area contributed by atoms with Crippen LogP contribution in [0.5, 0.6) is 0 Å². The number of nitrogen functional groups attached to an aromatic ring is 1. The molecule has 0 saturated heterocycles. The second-order valence-electron chi connectivity index (χ2n) is 5.10. The molecular weight excluding hydrogens is 330 g/mol. The van der Waals surface area contributed by atoms with Crippen molar-refractivity contribution in [2.45, 2.75) is 24.3 Å². The summed E-state index contributed by atoms with van der Waals surface area (Å²) in [7, 11) is 0. The predicted octanol–water partition coefficient (Wildman–Crippen LogP) is 3.81. The molecule has 0 spiro atoms. The Morgan fingerprint density at radius 2 is 1.96 bits per heavy atom. The van der Waals surface area contributed by atoms with Gasteiger partial charge >= 0.3 is 5.97 Å². The normalized spacial score (nSPS) is 12.4. The lowest BCUT2D eigenvalue weighted by atomic mass is 10.1. The molecule has 0 aliphatic heterocycles. The first kappa shape index (κ1) is 15.8. The number of thiophene rings is 1. The number of carboxylic acids is 1. The van der Waals surface area contributed by atoms with E-state index in [9.17, 15) is 9.90 Å². The van der Waals surface area contributed by atoms with E-state index in [1.807, 2.05) is 32.0 Å². The Bertz CT molecular complexity index is 878. The number of hydrogen-bond acceptors (Lipinski definition) is 6. The number of fused-ring (bicyclic) bond motifs is 1. The Morgan fingerprint density at radius 1 is 1.26 bits per heavy atom. The quantitative estimate of drug-likeness (QED) is 0.552. The van der Waals surface area contributed by atoms with Gasteiger partial charge in [-0.3, -0.25) is 4.79 Å². The summed E-state index contributed by atoms with van der Waals surface area (Å²) in [5, 5.41) is 9.99. The van der Waals surface area contributed by atoms with Gasteiger partial charge < -0.3 is 10.8 Å². The number of hydrogen-bond donors (Lipinski definition) is 2. The van der Waals surface area contributed by atoms with Gasteiger partial charge in [-0.15, -0.1) is 11.3 Å². The zero-order valence-corrected chi connectivity index (χ0v) is 14.2. The lowest BCUT2D eigenvalue weighted by Crippen LogP contribution is -2.09. The Kier molecular flexibility index (Phi) is 4.23. The summed E-state index contributed by atoms with van der Waals surface area (Å²) >= 11 is 2.65. The topological polar surface area (TPSA) is 89.1 Å². The molecule has 3 aromatic rings. The maximum Gasteiger partial charge on any atom is 0.321 e. The van der Waals surface area contributed by atoms with E-state index in [1.165, 1.54) is 0 Å². The molecule has 0 amide bonds. The number of nitrogens with two attached hydrogens (primary N) is 1. The summed E-state index contributed by atoms with van der Waals surface area (Å²) in [5.74, 6) is -0.529. The van der Waals surface area contributed by atoms with Gasteiger partial charge in [0, 0.05) is 4.88 Å². The van der Waals surface area contributed by atoms with Crippen molar-refractivity contribution >= 4 is 45.1 Å². The standard InChI is InChI=1S/C16H15N3O2S2/c1-8-9(2)22-14-11(8)13(17)18-16(19-14)23-12(15(20)21)10-6-4-3-5-7-10/h3-7,12H,1-2H3,(H,20,21)(H2,17,18,19). The van der Waals surface area contributed by atoms with Crippen LogP contribution < -0.4 is 5.73 Å². The zero-order chi connectivity index (χ0) is 16.6. The second kappa shape index (κ2) is 6.17. The van der Waals surface area contributed by atoms with Crippen LogP contribution in [0.2, 0.25) is 0 Å². The van der Waals surface area contributed by atoms with E-state index in [4.69, 9.17) is 5.73 Å². The third-order valence-electron chi connectivity index (χ3n) is 3.59. The first-order chi connectivity index (χ1) is 11.0. The van der Waals surface area contributed by atoms with Crippen LogP contribution in [0.4, 0.5) is 5.82 Å². The number of benzene rings is 1. The summed E-state index contributed by atoms with van der Waals surface area (Å²) in [4.78, 5) is 22.3. The maximum absolute atomic E-state index is 11.6. The Hall–Kier alpha value is -2.12. The Morgan fingerprint density at radius 3 is 2.61 bits per heavy atom. The molecule has 23 heavy (non-hydrogen) atoms. The van der Waals surface area contributed by atoms with E-state index in [0.717, 1.165) is 32.4 Å². The third-order valence-corrected chi connectivity index (χ3v) is 5.79. The third kappa shape index (κ3) is 3.02. The molecule has 3 N–H and O–H groups in total. The number of carboxylic acid groups (broad SMARTS) is 1. The molecule has 1 aromatic carbocycles. The smallest absolute Gasteiger partial charge is 0.321 e. The molecule has 2 heterocycles. The van der Waals surface area contributed by atoms with Gasteiger partial charge in [-0.2, -0.15) is 0 Å². The molecule has 1 unspecified atom stereocenters. The fourth-order valence-electron chi connectivity index (χ4n) is 2.31. The molecule has 5 nitrogen and oxygen atoms in total. The fourth-order valence-corrected chi connectivity index (χ4v) is 4.30. The highest BCUT2D eigenvalue weighted by Crippen LogP contribution is 2.37. The number of aliphatic carboxylic acids is 1. The molecule has 7 heteroatoms. The first-order valence-corrected chi connectivity index (χ1v) is 8.64. The van der Waals surface area contributed by atoms with E-state index in [0.29, 0.717) is 16.5 Å². The molecule has 3 rings (SSSR count). The van der Waals surface area contributed by atoms with E-state index in [1.54, 1.807) is 23.5 Å². The minimum atomic E-state index is -0.929. The number of nitrogens with zero attached hydrogens (tertiary/aromatic N) is 2. The molecule has 0 fully saturated rings. The van der Waals surface area contributed by atoms with Gasteiger partial charge in [0.15, 0.2) is 5.16 Å². The highest BCUT2D eigenvalue weighted by Gasteiger charge is 2.23. The summed E-state index contributed by atoms with van der Waals surface area (Å²) < 4.78 is 0. The molecule has 2 aromatic heterocycles. The van der Waals surface area contributed by atoms with Crippen molar-refractivity contribution in [3.8, 4) is 0 Å². The predicted molar refractivity (Wildman–Crippen MR) is 94.0 cm³/mol. The van der Waals surface area contributed by atoms with Gasteiger partial charge in [0.1, 0.15) is 15.9 Å². The number of anilines is 1. The number of aryl methyl sites for hydroxylation is 2. The van der Waals surface area contributed by atoms with Crippen molar-refractivity contribution in [1.82, 2.24) is 9.97 Å². The first-order valence-electron chi connectivity index (χ1n) is 6.95. The van der Waals surface area contributed by atoms with E-state index < -0.39 is 11.2 Å². The number of carbonyl (C=O) groups is 1. The van der Waals surface area contributed by atoms with Crippen LogP contribution in [-0.2, 0) is 4.79 Å². The summed E-state index contributed by atoms with van der Waals surface area (Å²) in [6, 6.07) is 9.05. The zero-order valence-electron chi connectivity index (χ0n) is 12.6. The minimum absolute atomic E-state index is 0.382. The SMILES string of the molecule is Cc1sc2nc(SC(C(=O)O)c3ccccc3)nc(N)c2c1C. The van der Waals surface area contributed by atoms with Crippen LogP contribution in [-0.4, -0.2) is 21.0 Å². The van der Waals surface area contributed by atoms with Crippen molar-refractivity contribution in [1.29, 1.82) is 0 Å². The fraction of sp³-hybridized carbons (Fsp3) is 0.188.